The number of hydrogen-bond acceptors (Lipinski definition) is 5. The minimum absolute atomic E-state index is 0.0551. The monoisotopic (exact) mass is 418 g/mol. The summed E-state index contributed by atoms with van der Waals surface area (Å²) in [4.78, 5) is 24.8. The van der Waals surface area contributed by atoms with E-state index < -0.39 is 0 Å². The first-order chi connectivity index (χ1) is 15.0. The van der Waals surface area contributed by atoms with Gasteiger partial charge in [-0.05, 0) is 68.5 Å². The lowest BCUT2D eigenvalue weighted by Crippen LogP contribution is -2.41. The molecule has 0 unspecified atom stereocenters. The molecular formula is C25H30N4O2. The van der Waals surface area contributed by atoms with Gasteiger partial charge in [0.15, 0.2) is 5.82 Å². The van der Waals surface area contributed by atoms with Crippen LogP contribution in [0.2, 0.25) is 0 Å². The number of rotatable bonds is 6. The van der Waals surface area contributed by atoms with E-state index in [1.165, 1.54) is 0 Å². The van der Waals surface area contributed by atoms with Crippen molar-refractivity contribution in [2.75, 3.05) is 29.9 Å². The number of amides is 1. The lowest BCUT2D eigenvalue weighted by molar-refractivity contribution is -0.120. The zero-order valence-electron chi connectivity index (χ0n) is 18.5. The summed E-state index contributed by atoms with van der Waals surface area (Å²) in [5, 5.41) is 3.11. The minimum Gasteiger partial charge on any atom is -0.475 e. The predicted octanol–water partition coefficient (Wildman–Crippen LogP) is 4.89. The molecule has 6 nitrogen and oxygen atoms in total. The fourth-order valence-electron chi connectivity index (χ4n) is 4.15. The number of carbonyl (C=O) groups excluding carboxylic acids is 1. The van der Waals surface area contributed by atoms with E-state index >= 15 is 0 Å². The number of fused-ring (bicyclic) bond motifs is 1. The second kappa shape index (κ2) is 9.33. The Morgan fingerprint density at radius 3 is 2.55 bits per heavy atom. The first kappa shape index (κ1) is 21.1. The number of aromatic nitrogens is 2. The van der Waals surface area contributed by atoms with Crippen molar-refractivity contribution in [2.45, 2.75) is 40.0 Å². The number of hydrogen-bond donors (Lipinski definition) is 1. The van der Waals surface area contributed by atoms with Crippen LogP contribution in [-0.4, -0.2) is 35.6 Å². The molecule has 1 aliphatic rings. The SMILES string of the molecule is CCCOc1nc2ccccc2nc1N1CCC[C@H](C(=O)Nc2cc(C)cc(C)c2)C1. The molecule has 1 amide bonds. The third kappa shape index (κ3) is 4.95. The topological polar surface area (TPSA) is 67.4 Å². The van der Waals surface area contributed by atoms with E-state index in [1.54, 1.807) is 0 Å². The van der Waals surface area contributed by atoms with Crippen LogP contribution < -0.4 is 15.0 Å². The van der Waals surface area contributed by atoms with Crippen LogP contribution in [0.15, 0.2) is 42.5 Å². The Morgan fingerprint density at radius 2 is 1.84 bits per heavy atom. The summed E-state index contributed by atoms with van der Waals surface area (Å²) in [7, 11) is 0. The van der Waals surface area contributed by atoms with Crippen LogP contribution in [-0.2, 0) is 4.79 Å². The average molecular weight is 419 g/mol. The smallest absolute Gasteiger partial charge is 0.258 e. The fourth-order valence-corrected chi connectivity index (χ4v) is 4.15. The number of carbonyl (C=O) groups is 1. The average Bonchev–Trinajstić information content (AvgIpc) is 2.76. The quantitative estimate of drug-likeness (QED) is 0.617. The van der Waals surface area contributed by atoms with E-state index in [1.807, 2.05) is 50.2 Å². The molecule has 0 saturated carbocycles. The predicted molar refractivity (Wildman–Crippen MR) is 125 cm³/mol. The molecule has 31 heavy (non-hydrogen) atoms. The van der Waals surface area contributed by atoms with Crippen LogP contribution in [0.5, 0.6) is 5.88 Å². The van der Waals surface area contributed by atoms with Gasteiger partial charge in [-0.15, -0.1) is 0 Å². The Bertz CT molecular complexity index is 1060. The van der Waals surface area contributed by atoms with E-state index in [2.05, 4.69) is 23.2 Å². The molecule has 6 heteroatoms. The summed E-state index contributed by atoms with van der Waals surface area (Å²) in [6.45, 7) is 8.18. The molecule has 0 aliphatic carbocycles. The summed E-state index contributed by atoms with van der Waals surface area (Å²) >= 11 is 0. The van der Waals surface area contributed by atoms with Crippen molar-refractivity contribution in [1.29, 1.82) is 0 Å². The zero-order chi connectivity index (χ0) is 21.8. The third-order valence-electron chi connectivity index (χ3n) is 5.55. The van der Waals surface area contributed by atoms with Crippen LogP contribution in [0.3, 0.4) is 0 Å². The van der Waals surface area contributed by atoms with Crippen molar-refractivity contribution < 1.29 is 9.53 Å². The van der Waals surface area contributed by atoms with E-state index in [4.69, 9.17) is 14.7 Å². The van der Waals surface area contributed by atoms with Gasteiger partial charge < -0.3 is 15.0 Å². The van der Waals surface area contributed by atoms with Gasteiger partial charge in [0.1, 0.15) is 0 Å². The summed E-state index contributed by atoms with van der Waals surface area (Å²) < 4.78 is 5.95. The van der Waals surface area contributed by atoms with Crippen molar-refractivity contribution in [2.24, 2.45) is 5.92 Å². The number of aryl methyl sites for hydroxylation is 2. The molecule has 1 aromatic heterocycles. The molecule has 0 radical (unpaired) electrons. The maximum absolute atomic E-state index is 13.0. The second-order valence-corrected chi connectivity index (χ2v) is 8.34. The molecule has 1 aliphatic heterocycles. The molecule has 1 saturated heterocycles. The Labute approximate surface area is 183 Å². The van der Waals surface area contributed by atoms with Crippen LogP contribution in [0, 0.1) is 19.8 Å². The third-order valence-corrected chi connectivity index (χ3v) is 5.55. The number of piperidine rings is 1. The zero-order valence-corrected chi connectivity index (χ0v) is 18.5. The second-order valence-electron chi connectivity index (χ2n) is 8.34. The summed E-state index contributed by atoms with van der Waals surface area (Å²) in [6, 6.07) is 13.9. The number of ether oxygens (including phenoxy) is 1. The maximum atomic E-state index is 13.0. The van der Waals surface area contributed by atoms with Gasteiger partial charge in [-0.2, -0.15) is 0 Å². The van der Waals surface area contributed by atoms with E-state index in [0.717, 1.165) is 59.5 Å². The highest BCUT2D eigenvalue weighted by atomic mass is 16.5. The van der Waals surface area contributed by atoms with Crippen LogP contribution in [0.25, 0.3) is 11.0 Å². The van der Waals surface area contributed by atoms with Crippen molar-refractivity contribution in [3.63, 3.8) is 0 Å². The first-order valence-electron chi connectivity index (χ1n) is 11.1. The highest BCUT2D eigenvalue weighted by Gasteiger charge is 2.29. The molecule has 0 spiro atoms. The van der Waals surface area contributed by atoms with Crippen molar-refractivity contribution >= 4 is 28.4 Å². The molecule has 1 fully saturated rings. The van der Waals surface area contributed by atoms with Crippen LogP contribution in [0.1, 0.15) is 37.3 Å². The van der Waals surface area contributed by atoms with E-state index in [9.17, 15) is 4.79 Å². The molecule has 1 N–H and O–H groups in total. The maximum Gasteiger partial charge on any atom is 0.258 e. The van der Waals surface area contributed by atoms with Crippen molar-refractivity contribution in [1.82, 2.24) is 9.97 Å². The molecular weight excluding hydrogens is 388 g/mol. The van der Waals surface area contributed by atoms with Gasteiger partial charge >= 0.3 is 0 Å². The summed E-state index contributed by atoms with van der Waals surface area (Å²) in [6.07, 6.45) is 2.68. The standard InChI is InChI=1S/C25H30N4O2/c1-4-12-31-25-23(27-21-9-5-6-10-22(21)28-25)29-11-7-8-19(16-29)24(30)26-20-14-17(2)13-18(3)15-20/h5-6,9-10,13-15,19H,4,7-8,11-12,16H2,1-3H3,(H,26,30)/t19-/m0/s1. The number of nitrogens with zero attached hydrogens (tertiary/aromatic N) is 3. The molecule has 162 valence electrons. The highest BCUT2D eigenvalue weighted by molar-refractivity contribution is 5.93. The molecule has 3 aromatic rings. The van der Waals surface area contributed by atoms with Crippen LogP contribution in [0.4, 0.5) is 11.5 Å². The van der Waals surface area contributed by atoms with Gasteiger partial charge in [-0.1, -0.05) is 25.1 Å². The molecule has 2 aromatic carbocycles. The van der Waals surface area contributed by atoms with Crippen molar-refractivity contribution in [3.8, 4) is 5.88 Å². The van der Waals surface area contributed by atoms with Gasteiger partial charge in [0, 0.05) is 18.8 Å². The largest absolute Gasteiger partial charge is 0.475 e. The Kier molecular flexibility index (Phi) is 6.35. The highest BCUT2D eigenvalue weighted by Crippen LogP contribution is 2.31. The number of nitrogens with one attached hydrogen (secondary N) is 1. The number of para-hydroxylation sites is 2. The number of benzene rings is 2. The Hall–Kier alpha value is -3.15. The molecule has 0 bridgehead atoms. The van der Waals surface area contributed by atoms with E-state index in [0.29, 0.717) is 19.0 Å². The van der Waals surface area contributed by atoms with Crippen LogP contribution >= 0.6 is 0 Å². The fraction of sp³-hybridized carbons (Fsp3) is 0.400. The lowest BCUT2D eigenvalue weighted by Gasteiger charge is -2.33. The Balaban J connectivity index is 1.56. The van der Waals surface area contributed by atoms with E-state index in [-0.39, 0.29) is 11.8 Å². The molecule has 4 rings (SSSR count). The summed E-state index contributed by atoms with van der Waals surface area (Å²) in [5.74, 6) is 1.23. The molecule has 2 heterocycles. The van der Waals surface area contributed by atoms with Gasteiger partial charge in [0.25, 0.3) is 5.88 Å². The number of anilines is 2. The van der Waals surface area contributed by atoms with Gasteiger partial charge in [-0.25, -0.2) is 9.97 Å². The van der Waals surface area contributed by atoms with Gasteiger partial charge in [0.05, 0.1) is 23.6 Å². The van der Waals surface area contributed by atoms with Gasteiger partial charge in [-0.3, -0.25) is 4.79 Å². The van der Waals surface area contributed by atoms with Gasteiger partial charge in [0.2, 0.25) is 5.91 Å². The normalized spacial score (nSPS) is 16.4. The first-order valence-corrected chi connectivity index (χ1v) is 11.1. The molecule has 1 atom stereocenters. The minimum atomic E-state index is -0.109. The van der Waals surface area contributed by atoms with Crippen molar-refractivity contribution in [3.05, 3.63) is 53.6 Å². The summed E-state index contributed by atoms with van der Waals surface area (Å²) in [5.41, 5.74) is 4.80. The lowest BCUT2D eigenvalue weighted by atomic mass is 9.97. The Morgan fingerprint density at radius 1 is 1.13 bits per heavy atom.